The number of nitrogens with zero attached hydrogens (tertiary/aromatic N) is 2. The van der Waals surface area contributed by atoms with Gasteiger partial charge in [-0.1, -0.05) is 6.07 Å². The van der Waals surface area contributed by atoms with Crippen molar-refractivity contribution in [3.8, 4) is 0 Å². The number of aryl methyl sites for hydroxylation is 1. The molecule has 4 nitrogen and oxygen atoms in total. The number of alkyl halides is 3. The average molecular weight is 289 g/mol. The van der Waals surface area contributed by atoms with Crippen molar-refractivity contribution in [1.82, 2.24) is 9.78 Å². The minimum absolute atomic E-state index is 0.113. The fraction of sp³-hybridized carbons (Fsp3) is 0.250. The van der Waals surface area contributed by atoms with Crippen LogP contribution < -0.4 is 5.73 Å². The Labute approximate surface area is 111 Å². The molecule has 2 aromatic rings. The van der Waals surface area contributed by atoms with E-state index < -0.39 is 23.7 Å². The highest BCUT2D eigenvalue weighted by Crippen LogP contribution is 2.34. The van der Waals surface area contributed by atoms with Crippen molar-refractivity contribution >= 4 is 5.82 Å². The van der Waals surface area contributed by atoms with Gasteiger partial charge >= 0.3 is 6.18 Å². The van der Waals surface area contributed by atoms with Gasteiger partial charge in [-0.2, -0.15) is 18.3 Å². The number of hydrogen-bond donors (Lipinski definition) is 2. The number of benzene rings is 1. The molecule has 2 rings (SSSR count). The standard InChI is InChI=1S/C12H11F4N3O/c1-19-11(17)7(5-18-19)10(20)6-2-3-9(13)8(4-6)12(14,15)16/h2-5,10,20H,17H2,1H3. The Balaban J connectivity index is 2.46. The number of halogens is 4. The van der Waals surface area contributed by atoms with Gasteiger partial charge in [-0.3, -0.25) is 4.68 Å². The van der Waals surface area contributed by atoms with Gasteiger partial charge in [0, 0.05) is 12.6 Å². The number of aliphatic hydroxyl groups is 1. The first kappa shape index (κ1) is 14.3. The minimum Gasteiger partial charge on any atom is -0.384 e. The highest BCUT2D eigenvalue weighted by atomic mass is 19.4. The van der Waals surface area contributed by atoms with E-state index in [1.54, 1.807) is 0 Å². The van der Waals surface area contributed by atoms with Gasteiger partial charge in [0.2, 0.25) is 0 Å². The third kappa shape index (κ3) is 2.46. The molecule has 8 heteroatoms. The molecule has 0 radical (unpaired) electrons. The SMILES string of the molecule is Cn1ncc(C(O)c2ccc(F)c(C(F)(F)F)c2)c1N. The molecule has 1 atom stereocenters. The molecule has 0 aliphatic heterocycles. The molecule has 3 N–H and O–H groups in total. The van der Waals surface area contributed by atoms with E-state index in [9.17, 15) is 22.7 Å². The van der Waals surface area contributed by atoms with Gasteiger partial charge in [0.1, 0.15) is 17.7 Å². The number of rotatable bonds is 2. The number of aliphatic hydroxyl groups excluding tert-OH is 1. The van der Waals surface area contributed by atoms with Crippen LogP contribution in [0.3, 0.4) is 0 Å². The third-order valence-corrected chi connectivity index (χ3v) is 2.92. The first-order valence-corrected chi connectivity index (χ1v) is 5.54. The Kier molecular flexibility index (Phi) is 3.43. The van der Waals surface area contributed by atoms with Gasteiger partial charge in [0.25, 0.3) is 0 Å². The molecule has 0 aliphatic rings. The van der Waals surface area contributed by atoms with Crippen molar-refractivity contribution in [3.05, 3.63) is 46.9 Å². The molecule has 108 valence electrons. The second kappa shape index (κ2) is 4.78. The summed E-state index contributed by atoms with van der Waals surface area (Å²) >= 11 is 0. The lowest BCUT2D eigenvalue weighted by atomic mass is 10.0. The quantitative estimate of drug-likeness (QED) is 0.833. The van der Waals surface area contributed by atoms with Crippen LogP contribution >= 0.6 is 0 Å². The summed E-state index contributed by atoms with van der Waals surface area (Å²) in [6.07, 6.45) is -5.00. The molecule has 1 aromatic carbocycles. The molecule has 0 saturated heterocycles. The summed E-state index contributed by atoms with van der Waals surface area (Å²) in [7, 11) is 1.53. The third-order valence-electron chi connectivity index (χ3n) is 2.92. The number of nitrogen functional groups attached to an aromatic ring is 1. The zero-order chi connectivity index (χ0) is 15.1. The molecule has 0 fully saturated rings. The normalized spacial score (nSPS) is 13.5. The zero-order valence-corrected chi connectivity index (χ0v) is 10.3. The van der Waals surface area contributed by atoms with Crippen LogP contribution in [0.2, 0.25) is 0 Å². The van der Waals surface area contributed by atoms with E-state index in [1.165, 1.54) is 17.9 Å². The van der Waals surface area contributed by atoms with Crippen molar-refractivity contribution in [1.29, 1.82) is 0 Å². The summed E-state index contributed by atoms with van der Waals surface area (Å²) in [5, 5.41) is 13.8. The molecule has 0 spiro atoms. The van der Waals surface area contributed by atoms with Crippen LogP contribution in [-0.4, -0.2) is 14.9 Å². The summed E-state index contributed by atoms with van der Waals surface area (Å²) in [5.74, 6) is -1.28. The lowest BCUT2D eigenvalue weighted by Crippen LogP contribution is -2.11. The maximum atomic E-state index is 13.2. The van der Waals surface area contributed by atoms with E-state index in [-0.39, 0.29) is 16.9 Å². The lowest BCUT2D eigenvalue weighted by Gasteiger charge is -2.14. The summed E-state index contributed by atoms with van der Waals surface area (Å²) in [5.41, 5.74) is 4.25. The average Bonchev–Trinajstić information content (AvgIpc) is 2.68. The van der Waals surface area contributed by atoms with Crippen LogP contribution in [0.5, 0.6) is 0 Å². The van der Waals surface area contributed by atoms with Crippen LogP contribution in [0, 0.1) is 5.82 Å². The van der Waals surface area contributed by atoms with Crippen molar-refractivity contribution in [2.75, 3.05) is 5.73 Å². The Hall–Kier alpha value is -2.09. The van der Waals surface area contributed by atoms with Gasteiger partial charge in [-0.15, -0.1) is 0 Å². The van der Waals surface area contributed by atoms with Crippen LogP contribution in [0.25, 0.3) is 0 Å². The van der Waals surface area contributed by atoms with Gasteiger partial charge in [0.15, 0.2) is 0 Å². The van der Waals surface area contributed by atoms with E-state index in [0.717, 1.165) is 6.07 Å². The summed E-state index contributed by atoms with van der Waals surface area (Å²) in [4.78, 5) is 0. The molecule has 20 heavy (non-hydrogen) atoms. The summed E-state index contributed by atoms with van der Waals surface area (Å²) in [6, 6.07) is 2.29. The van der Waals surface area contributed by atoms with Crippen LogP contribution in [0.15, 0.2) is 24.4 Å². The molecule has 1 unspecified atom stereocenters. The van der Waals surface area contributed by atoms with Crippen LogP contribution in [0.1, 0.15) is 22.8 Å². The monoisotopic (exact) mass is 289 g/mol. The highest BCUT2D eigenvalue weighted by Gasteiger charge is 2.35. The van der Waals surface area contributed by atoms with Crippen molar-refractivity contribution in [2.45, 2.75) is 12.3 Å². The molecule has 1 heterocycles. The van der Waals surface area contributed by atoms with Crippen LogP contribution in [0.4, 0.5) is 23.4 Å². The maximum absolute atomic E-state index is 13.2. The largest absolute Gasteiger partial charge is 0.419 e. The molecular weight excluding hydrogens is 278 g/mol. The number of anilines is 1. The first-order valence-electron chi connectivity index (χ1n) is 5.54. The molecule has 0 bridgehead atoms. The Morgan fingerprint density at radius 2 is 2.00 bits per heavy atom. The van der Waals surface area contributed by atoms with Crippen molar-refractivity contribution in [2.24, 2.45) is 7.05 Å². The van der Waals surface area contributed by atoms with E-state index in [0.29, 0.717) is 12.1 Å². The van der Waals surface area contributed by atoms with Crippen LogP contribution in [-0.2, 0) is 13.2 Å². The van der Waals surface area contributed by atoms with E-state index >= 15 is 0 Å². The highest BCUT2D eigenvalue weighted by molar-refractivity contribution is 5.45. The molecule has 0 saturated carbocycles. The number of nitrogens with two attached hydrogens (primary N) is 1. The first-order chi connectivity index (χ1) is 9.21. The fourth-order valence-electron chi connectivity index (χ4n) is 1.78. The number of aromatic nitrogens is 2. The summed E-state index contributed by atoms with van der Waals surface area (Å²) < 4.78 is 52.3. The van der Waals surface area contributed by atoms with E-state index in [1.807, 2.05) is 0 Å². The minimum atomic E-state index is -4.83. The molecule has 0 aliphatic carbocycles. The zero-order valence-electron chi connectivity index (χ0n) is 10.3. The molecule has 1 aromatic heterocycles. The topological polar surface area (TPSA) is 64.1 Å². The second-order valence-electron chi connectivity index (χ2n) is 4.25. The maximum Gasteiger partial charge on any atom is 0.419 e. The Morgan fingerprint density at radius 1 is 1.35 bits per heavy atom. The predicted octanol–water partition coefficient (Wildman–Crippen LogP) is 2.24. The summed E-state index contributed by atoms with van der Waals surface area (Å²) in [6.45, 7) is 0. The lowest BCUT2D eigenvalue weighted by molar-refractivity contribution is -0.140. The Bertz CT molecular complexity index is 636. The van der Waals surface area contributed by atoms with Gasteiger partial charge in [0.05, 0.1) is 11.8 Å². The van der Waals surface area contributed by atoms with Gasteiger partial charge in [-0.25, -0.2) is 4.39 Å². The van der Waals surface area contributed by atoms with Gasteiger partial charge < -0.3 is 10.8 Å². The van der Waals surface area contributed by atoms with E-state index in [2.05, 4.69) is 5.10 Å². The number of hydrogen-bond acceptors (Lipinski definition) is 3. The van der Waals surface area contributed by atoms with E-state index in [4.69, 9.17) is 5.73 Å². The van der Waals surface area contributed by atoms with Crippen molar-refractivity contribution < 1.29 is 22.7 Å². The molecular formula is C12H11F4N3O. The predicted molar refractivity (Wildman–Crippen MR) is 63.1 cm³/mol. The van der Waals surface area contributed by atoms with Gasteiger partial charge in [-0.05, 0) is 17.7 Å². The van der Waals surface area contributed by atoms with Crippen molar-refractivity contribution in [3.63, 3.8) is 0 Å². The fourth-order valence-corrected chi connectivity index (χ4v) is 1.78. The smallest absolute Gasteiger partial charge is 0.384 e. The molecule has 0 amide bonds. The Morgan fingerprint density at radius 3 is 2.50 bits per heavy atom. The second-order valence-corrected chi connectivity index (χ2v) is 4.25.